The fourth-order valence-corrected chi connectivity index (χ4v) is 4.36. The summed E-state index contributed by atoms with van der Waals surface area (Å²) in [6.45, 7) is 3.68. The van der Waals surface area contributed by atoms with Gasteiger partial charge in [-0.3, -0.25) is 14.4 Å². The largest absolute Gasteiger partial charge is 0.321 e. The van der Waals surface area contributed by atoms with Crippen LogP contribution in [0.1, 0.15) is 38.3 Å². The van der Waals surface area contributed by atoms with Crippen molar-refractivity contribution in [3.63, 3.8) is 0 Å². The average molecular weight is 433 g/mol. The second kappa shape index (κ2) is 8.53. The lowest BCUT2D eigenvalue weighted by Crippen LogP contribution is -2.25. The maximum absolute atomic E-state index is 13.3. The molecule has 0 atom stereocenters. The number of fused-ring (bicyclic) bond motifs is 1. The number of rotatable bonds is 5. The van der Waals surface area contributed by atoms with Crippen LogP contribution in [0, 0.1) is 6.92 Å². The van der Waals surface area contributed by atoms with E-state index in [4.69, 9.17) is 0 Å². The lowest BCUT2D eigenvalue weighted by Gasteiger charge is -2.11. The number of thiazole rings is 1. The van der Waals surface area contributed by atoms with E-state index in [9.17, 15) is 14.4 Å². The highest BCUT2D eigenvalue weighted by Gasteiger charge is 2.26. The van der Waals surface area contributed by atoms with E-state index < -0.39 is 17.4 Å². The van der Waals surface area contributed by atoms with Crippen molar-refractivity contribution in [3.8, 4) is 0 Å². The summed E-state index contributed by atoms with van der Waals surface area (Å²) in [6, 6.07) is 17.7. The van der Waals surface area contributed by atoms with Gasteiger partial charge in [-0.05, 0) is 37.1 Å². The molecular weight excluding hydrogens is 412 g/mol. The summed E-state index contributed by atoms with van der Waals surface area (Å²) in [5.41, 5.74) is 2.25. The zero-order valence-electron chi connectivity index (χ0n) is 17.0. The minimum atomic E-state index is -0.543. The number of anilines is 2. The minimum absolute atomic E-state index is 0.0307. The molecule has 8 heteroatoms. The minimum Gasteiger partial charge on any atom is -0.321 e. The van der Waals surface area contributed by atoms with Crippen molar-refractivity contribution in [3.05, 3.63) is 92.8 Å². The molecule has 0 saturated carbocycles. The van der Waals surface area contributed by atoms with Crippen molar-refractivity contribution in [1.82, 2.24) is 9.38 Å². The number of nitrogens with one attached hydrogen (secondary N) is 2. The molecule has 2 heterocycles. The summed E-state index contributed by atoms with van der Waals surface area (Å²) < 4.78 is 1.20. The molecule has 0 spiro atoms. The van der Waals surface area contributed by atoms with Crippen molar-refractivity contribution < 1.29 is 9.59 Å². The lowest BCUT2D eigenvalue weighted by molar-refractivity contribution is 0.0989. The van der Waals surface area contributed by atoms with E-state index in [0.717, 1.165) is 23.3 Å². The Kier molecular flexibility index (Phi) is 5.64. The number of para-hydroxylation sites is 2. The number of aromatic nitrogens is 2. The Bertz CT molecular complexity index is 1340. The Morgan fingerprint density at radius 3 is 2.45 bits per heavy atom. The number of carbonyl (C=O) groups excluding carboxylic acids is 2. The number of amides is 2. The van der Waals surface area contributed by atoms with Crippen molar-refractivity contribution >= 4 is 39.5 Å². The molecule has 0 fully saturated rings. The normalized spacial score (nSPS) is 10.8. The quantitative estimate of drug-likeness (QED) is 0.496. The first kappa shape index (κ1) is 20.5. The van der Waals surface area contributed by atoms with Crippen LogP contribution in [-0.4, -0.2) is 21.2 Å². The third kappa shape index (κ3) is 4.10. The molecule has 2 N–H and O–H groups in total. The van der Waals surface area contributed by atoms with E-state index in [0.29, 0.717) is 17.1 Å². The Hall–Kier alpha value is -3.78. The molecule has 2 amide bonds. The standard InChI is InChI=1S/C23H20N4O3S/c1-3-15-9-7-8-12-17(15)26-21(29)19-20(22(30)25-16-10-5-4-6-11-16)31-23-24-14(2)13-18(28)27(19)23/h4-13H,3H2,1-2H3,(H,25,30)(H,26,29). The molecule has 4 rings (SSSR count). The first-order valence-electron chi connectivity index (χ1n) is 9.76. The third-order valence-corrected chi connectivity index (χ3v) is 5.79. The molecule has 0 aliphatic rings. The van der Waals surface area contributed by atoms with Gasteiger partial charge in [0, 0.05) is 23.1 Å². The average Bonchev–Trinajstić information content (AvgIpc) is 3.15. The topological polar surface area (TPSA) is 92.6 Å². The molecule has 4 aromatic rings. The Labute approximate surface area is 182 Å². The molecule has 0 aliphatic carbocycles. The summed E-state index contributed by atoms with van der Waals surface area (Å²) in [4.78, 5) is 43.8. The predicted octanol–water partition coefficient (Wildman–Crippen LogP) is 4.13. The van der Waals surface area contributed by atoms with Gasteiger partial charge in [-0.2, -0.15) is 0 Å². The van der Waals surface area contributed by atoms with E-state index in [-0.39, 0.29) is 15.5 Å². The van der Waals surface area contributed by atoms with Gasteiger partial charge in [-0.1, -0.05) is 54.7 Å². The van der Waals surface area contributed by atoms with Crippen molar-refractivity contribution in [1.29, 1.82) is 0 Å². The van der Waals surface area contributed by atoms with E-state index in [2.05, 4.69) is 15.6 Å². The van der Waals surface area contributed by atoms with Crippen LogP contribution < -0.4 is 16.2 Å². The van der Waals surface area contributed by atoms with Gasteiger partial charge in [-0.15, -0.1) is 0 Å². The molecule has 156 valence electrons. The van der Waals surface area contributed by atoms with Gasteiger partial charge in [-0.25, -0.2) is 9.38 Å². The van der Waals surface area contributed by atoms with Gasteiger partial charge in [0.2, 0.25) is 0 Å². The number of aryl methyl sites for hydroxylation is 2. The van der Waals surface area contributed by atoms with Crippen LogP contribution in [-0.2, 0) is 6.42 Å². The summed E-state index contributed by atoms with van der Waals surface area (Å²) in [5.74, 6) is -1.02. The van der Waals surface area contributed by atoms with Gasteiger partial charge < -0.3 is 10.6 Å². The molecule has 7 nitrogen and oxygen atoms in total. The van der Waals surface area contributed by atoms with E-state index in [1.54, 1.807) is 37.3 Å². The SMILES string of the molecule is CCc1ccccc1NC(=O)c1c(C(=O)Nc2ccccc2)sc2nc(C)cc(=O)n12. The van der Waals surface area contributed by atoms with Gasteiger partial charge >= 0.3 is 0 Å². The molecule has 2 aromatic carbocycles. The van der Waals surface area contributed by atoms with Crippen LogP contribution >= 0.6 is 11.3 Å². The Morgan fingerprint density at radius 2 is 1.71 bits per heavy atom. The van der Waals surface area contributed by atoms with Crippen molar-refractivity contribution in [2.75, 3.05) is 10.6 Å². The summed E-state index contributed by atoms with van der Waals surface area (Å²) in [5, 5.41) is 5.64. The van der Waals surface area contributed by atoms with E-state index in [1.165, 1.54) is 10.5 Å². The van der Waals surface area contributed by atoms with Crippen LogP contribution in [0.5, 0.6) is 0 Å². The Balaban J connectivity index is 1.82. The van der Waals surface area contributed by atoms with E-state index >= 15 is 0 Å². The second-order valence-electron chi connectivity index (χ2n) is 6.92. The molecule has 0 aliphatic heterocycles. The lowest BCUT2D eigenvalue weighted by atomic mass is 10.1. The van der Waals surface area contributed by atoms with Gasteiger partial charge in [0.1, 0.15) is 10.6 Å². The summed E-state index contributed by atoms with van der Waals surface area (Å²) >= 11 is 1.01. The molecule has 0 bridgehead atoms. The highest BCUT2D eigenvalue weighted by molar-refractivity contribution is 7.19. The monoisotopic (exact) mass is 432 g/mol. The van der Waals surface area contributed by atoms with Crippen LogP contribution in [0.25, 0.3) is 4.96 Å². The van der Waals surface area contributed by atoms with Crippen LogP contribution in [0.15, 0.2) is 65.5 Å². The molecule has 0 saturated heterocycles. The Morgan fingerprint density at radius 1 is 1.00 bits per heavy atom. The van der Waals surface area contributed by atoms with E-state index in [1.807, 2.05) is 31.2 Å². The number of carbonyl (C=O) groups is 2. The summed E-state index contributed by atoms with van der Waals surface area (Å²) in [6.07, 6.45) is 0.725. The van der Waals surface area contributed by atoms with Crippen molar-refractivity contribution in [2.24, 2.45) is 0 Å². The smallest absolute Gasteiger partial charge is 0.274 e. The molecular formula is C23H20N4O3S. The molecule has 31 heavy (non-hydrogen) atoms. The summed E-state index contributed by atoms with van der Waals surface area (Å²) in [7, 11) is 0. The number of hydrogen-bond donors (Lipinski definition) is 2. The van der Waals surface area contributed by atoms with Crippen LogP contribution in [0.3, 0.4) is 0 Å². The third-order valence-electron chi connectivity index (χ3n) is 4.75. The first-order valence-corrected chi connectivity index (χ1v) is 10.6. The number of hydrogen-bond acceptors (Lipinski definition) is 5. The zero-order valence-corrected chi connectivity index (χ0v) is 17.8. The fourth-order valence-electron chi connectivity index (χ4n) is 3.29. The highest BCUT2D eigenvalue weighted by Crippen LogP contribution is 2.25. The first-order chi connectivity index (χ1) is 15.0. The molecule has 0 unspecified atom stereocenters. The second-order valence-corrected chi connectivity index (χ2v) is 7.90. The van der Waals surface area contributed by atoms with Gasteiger partial charge in [0.15, 0.2) is 4.96 Å². The molecule has 2 aromatic heterocycles. The van der Waals surface area contributed by atoms with Gasteiger partial charge in [0.25, 0.3) is 17.4 Å². The van der Waals surface area contributed by atoms with Crippen LogP contribution in [0.4, 0.5) is 11.4 Å². The van der Waals surface area contributed by atoms with Crippen molar-refractivity contribution in [2.45, 2.75) is 20.3 Å². The maximum Gasteiger partial charge on any atom is 0.274 e. The molecule has 0 radical (unpaired) electrons. The van der Waals surface area contributed by atoms with Crippen LogP contribution in [0.2, 0.25) is 0 Å². The maximum atomic E-state index is 13.3. The fraction of sp³-hybridized carbons (Fsp3) is 0.130. The highest BCUT2D eigenvalue weighted by atomic mass is 32.1. The predicted molar refractivity (Wildman–Crippen MR) is 122 cm³/mol. The zero-order chi connectivity index (χ0) is 22.0. The number of benzene rings is 2. The number of nitrogens with zero attached hydrogens (tertiary/aromatic N) is 2. The van der Waals surface area contributed by atoms with Gasteiger partial charge in [0.05, 0.1) is 0 Å².